The summed E-state index contributed by atoms with van der Waals surface area (Å²) in [4.78, 5) is 0. The van der Waals surface area contributed by atoms with E-state index in [2.05, 4.69) is 5.32 Å². The topological polar surface area (TPSA) is 32.3 Å². The maximum Gasteiger partial charge on any atom is 0.159 e. The van der Waals surface area contributed by atoms with Crippen molar-refractivity contribution in [2.45, 2.75) is 25.8 Å². The lowest BCUT2D eigenvalue weighted by molar-refractivity contribution is 0.175. The monoisotopic (exact) mass is 229 g/mol. The molecule has 1 aromatic rings. The Balaban J connectivity index is 2.97. The SMILES string of the molecule is CCCNC(C)(CO)c1ccc(F)c(F)c1. The summed E-state index contributed by atoms with van der Waals surface area (Å²) >= 11 is 0. The van der Waals surface area contributed by atoms with Crippen LogP contribution in [0.3, 0.4) is 0 Å². The molecule has 0 aliphatic heterocycles. The molecule has 0 radical (unpaired) electrons. The van der Waals surface area contributed by atoms with Crippen LogP contribution in [0.2, 0.25) is 0 Å². The normalized spacial score (nSPS) is 14.8. The first-order valence-electron chi connectivity index (χ1n) is 5.35. The molecule has 90 valence electrons. The lowest BCUT2D eigenvalue weighted by Crippen LogP contribution is -2.43. The molecule has 0 fully saturated rings. The van der Waals surface area contributed by atoms with Crippen molar-refractivity contribution < 1.29 is 13.9 Å². The van der Waals surface area contributed by atoms with Gasteiger partial charge in [0.1, 0.15) is 0 Å². The van der Waals surface area contributed by atoms with Gasteiger partial charge in [0.15, 0.2) is 11.6 Å². The molecule has 1 rings (SSSR count). The Morgan fingerprint density at radius 1 is 1.31 bits per heavy atom. The Bertz CT molecular complexity index is 357. The average Bonchev–Trinajstić information content (AvgIpc) is 2.29. The molecule has 2 N–H and O–H groups in total. The molecule has 2 nitrogen and oxygen atoms in total. The Morgan fingerprint density at radius 2 is 2.00 bits per heavy atom. The number of nitrogens with one attached hydrogen (secondary N) is 1. The third-order valence-corrected chi connectivity index (χ3v) is 2.64. The largest absolute Gasteiger partial charge is 0.394 e. The van der Waals surface area contributed by atoms with E-state index < -0.39 is 17.2 Å². The second-order valence-electron chi connectivity index (χ2n) is 4.05. The van der Waals surface area contributed by atoms with Gasteiger partial charge < -0.3 is 10.4 Å². The number of benzene rings is 1. The summed E-state index contributed by atoms with van der Waals surface area (Å²) < 4.78 is 25.9. The third-order valence-electron chi connectivity index (χ3n) is 2.64. The summed E-state index contributed by atoms with van der Waals surface area (Å²) in [7, 11) is 0. The molecule has 1 atom stereocenters. The minimum atomic E-state index is -0.893. The smallest absolute Gasteiger partial charge is 0.159 e. The number of hydrogen-bond donors (Lipinski definition) is 2. The van der Waals surface area contributed by atoms with E-state index in [1.165, 1.54) is 6.07 Å². The van der Waals surface area contributed by atoms with Crippen LogP contribution in [-0.4, -0.2) is 18.3 Å². The molecule has 0 amide bonds. The fourth-order valence-electron chi connectivity index (χ4n) is 1.49. The zero-order valence-electron chi connectivity index (χ0n) is 9.56. The number of aliphatic hydroxyl groups is 1. The summed E-state index contributed by atoms with van der Waals surface area (Å²) in [5.41, 5.74) is -0.188. The van der Waals surface area contributed by atoms with E-state index in [-0.39, 0.29) is 6.61 Å². The van der Waals surface area contributed by atoms with Crippen molar-refractivity contribution in [3.63, 3.8) is 0 Å². The fraction of sp³-hybridized carbons (Fsp3) is 0.500. The average molecular weight is 229 g/mol. The molecule has 0 spiro atoms. The molecule has 1 aromatic carbocycles. The van der Waals surface area contributed by atoms with Gasteiger partial charge in [-0.15, -0.1) is 0 Å². The van der Waals surface area contributed by atoms with E-state index in [1.54, 1.807) is 6.92 Å². The van der Waals surface area contributed by atoms with Crippen LogP contribution in [0.5, 0.6) is 0 Å². The van der Waals surface area contributed by atoms with Crippen molar-refractivity contribution in [3.05, 3.63) is 35.4 Å². The predicted octanol–water partition coefficient (Wildman–Crippen LogP) is 2.17. The van der Waals surface area contributed by atoms with E-state index in [0.717, 1.165) is 18.6 Å². The van der Waals surface area contributed by atoms with Crippen LogP contribution in [0.4, 0.5) is 8.78 Å². The molecule has 16 heavy (non-hydrogen) atoms. The van der Waals surface area contributed by atoms with E-state index >= 15 is 0 Å². The highest BCUT2D eigenvalue weighted by Gasteiger charge is 2.25. The van der Waals surface area contributed by atoms with Gasteiger partial charge in [-0.05, 0) is 37.6 Å². The minimum Gasteiger partial charge on any atom is -0.394 e. The van der Waals surface area contributed by atoms with Gasteiger partial charge >= 0.3 is 0 Å². The summed E-state index contributed by atoms with van der Waals surface area (Å²) in [5, 5.41) is 12.5. The lowest BCUT2D eigenvalue weighted by Gasteiger charge is -2.29. The Hall–Kier alpha value is -1.00. The quantitative estimate of drug-likeness (QED) is 0.811. The highest BCUT2D eigenvalue weighted by molar-refractivity contribution is 5.25. The van der Waals surface area contributed by atoms with E-state index in [1.807, 2.05) is 6.92 Å². The van der Waals surface area contributed by atoms with Crippen LogP contribution in [0.1, 0.15) is 25.8 Å². The number of hydrogen-bond acceptors (Lipinski definition) is 2. The number of rotatable bonds is 5. The maximum atomic E-state index is 13.1. The molecule has 0 saturated heterocycles. The molecule has 0 bridgehead atoms. The molecule has 0 aliphatic carbocycles. The second kappa shape index (κ2) is 5.37. The first kappa shape index (κ1) is 13.1. The van der Waals surface area contributed by atoms with Crippen molar-refractivity contribution in [2.24, 2.45) is 0 Å². The Morgan fingerprint density at radius 3 is 2.50 bits per heavy atom. The predicted molar refractivity (Wildman–Crippen MR) is 59.1 cm³/mol. The number of aliphatic hydroxyl groups excluding tert-OH is 1. The maximum absolute atomic E-state index is 13.1. The molecule has 4 heteroatoms. The van der Waals surface area contributed by atoms with Crippen molar-refractivity contribution >= 4 is 0 Å². The van der Waals surface area contributed by atoms with Crippen LogP contribution < -0.4 is 5.32 Å². The van der Waals surface area contributed by atoms with Crippen LogP contribution in [0.25, 0.3) is 0 Å². The second-order valence-corrected chi connectivity index (χ2v) is 4.05. The third kappa shape index (κ3) is 2.77. The number of halogens is 2. The van der Waals surface area contributed by atoms with Crippen LogP contribution in [0.15, 0.2) is 18.2 Å². The molecule has 0 aromatic heterocycles. The van der Waals surface area contributed by atoms with Gasteiger partial charge in [0, 0.05) is 0 Å². The summed E-state index contributed by atoms with van der Waals surface area (Å²) in [6, 6.07) is 3.68. The van der Waals surface area contributed by atoms with Crippen molar-refractivity contribution in [3.8, 4) is 0 Å². The zero-order valence-corrected chi connectivity index (χ0v) is 9.56. The molecular formula is C12H17F2NO. The molecular weight excluding hydrogens is 212 g/mol. The Labute approximate surface area is 94.3 Å². The van der Waals surface area contributed by atoms with E-state index in [0.29, 0.717) is 12.1 Å². The fourth-order valence-corrected chi connectivity index (χ4v) is 1.49. The van der Waals surface area contributed by atoms with Gasteiger partial charge in [0.25, 0.3) is 0 Å². The van der Waals surface area contributed by atoms with E-state index in [9.17, 15) is 13.9 Å². The van der Waals surface area contributed by atoms with Crippen LogP contribution in [0, 0.1) is 11.6 Å². The van der Waals surface area contributed by atoms with Gasteiger partial charge in [0.2, 0.25) is 0 Å². The molecule has 1 unspecified atom stereocenters. The van der Waals surface area contributed by atoms with Crippen LogP contribution in [-0.2, 0) is 5.54 Å². The van der Waals surface area contributed by atoms with Crippen molar-refractivity contribution in [1.29, 1.82) is 0 Å². The van der Waals surface area contributed by atoms with Crippen molar-refractivity contribution in [1.82, 2.24) is 5.32 Å². The van der Waals surface area contributed by atoms with Crippen molar-refractivity contribution in [2.75, 3.05) is 13.2 Å². The van der Waals surface area contributed by atoms with Crippen LogP contribution >= 0.6 is 0 Å². The minimum absolute atomic E-state index is 0.169. The summed E-state index contributed by atoms with van der Waals surface area (Å²) in [6.45, 7) is 4.29. The molecule has 0 heterocycles. The summed E-state index contributed by atoms with van der Waals surface area (Å²) in [6.07, 6.45) is 0.902. The van der Waals surface area contributed by atoms with Gasteiger partial charge in [0.05, 0.1) is 12.1 Å². The van der Waals surface area contributed by atoms with E-state index in [4.69, 9.17) is 0 Å². The standard InChI is InChI=1S/C12H17F2NO/c1-3-6-15-12(2,8-16)9-4-5-10(13)11(14)7-9/h4-5,7,15-16H,3,6,8H2,1-2H3. The first-order valence-corrected chi connectivity index (χ1v) is 5.35. The lowest BCUT2D eigenvalue weighted by atomic mass is 9.92. The van der Waals surface area contributed by atoms with Gasteiger partial charge in [-0.25, -0.2) is 8.78 Å². The van der Waals surface area contributed by atoms with Gasteiger partial charge in [-0.3, -0.25) is 0 Å². The van der Waals surface area contributed by atoms with Gasteiger partial charge in [-0.2, -0.15) is 0 Å². The highest BCUT2D eigenvalue weighted by Crippen LogP contribution is 2.22. The highest BCUT2D eigenvalue weighted by atomic mass is 19.2. The first-order chi connectivity index (χ1) is 7.53. The summed E-state index contributed by atoms with van der Waals surface area (Å²) in [5.74, 6) is -1.77. The molecule has 0 aliphatic rings. The molecule has 0 saturated carbocycles. The Kier molecular flexibility index (Phi) is 4.38. The zero-order chi connectivity index (χ0) is 12.2. The van der Waals surface area contributed by atoms with Gasteiger partial charge in [-0.1, -0.05) is 13.0 Å².